The monoisotopic (exact) mass is 347 g/mol. The molecule has 3 rings (SSSR count). The summed E-state index contributed by atoms with van der Waals surface area (Å²) in [6.45, 7) is 5.65. The highest BCUT2D eigenvalue weighted by Crippen LogP contribution is 2.34. The van der Waals surface area contributed by atoms with Gasteiger partial charge in [0.2, 0.25) is 0 Å². The van der Waals surface area contributed by atoms with Crippen molar-refractivity contribution < 1.29 is 9.47 Å². The van der Waals surface area contributed by atoms with Crippen LogP contribution in [-0.2, 0) is 6.61 Å². The standard InChI is InChI=1S/C23H25NO2/c1-17-12-18(2)14-21(13-17)20-8-9-22(25-11-10-24)23(15-20)26-16-19-6-4-3-5-7-19/h3-9,12-15H,10-11,16,24H2,1-2H3. The first-order chi connectivity index (χ1) is 12.7. The van der Waals surface area contributed by atoms with Crippen molar-refractivity contribution in [2.24, 2.45) is 5.73 Å². The Kier molecular flexibility index (Phi) is 5.92. The molecule has 0 saturated carbocycles. The number of aryl methyl sites for hydroxylation is 2. The molecule has 0 aliphatic carbocycles. The summed E-state index contributed by atoms with van der Waals surface area (Å²) in [5.74, 6) is 1.46. The smallest absolute Gasteiger partial charge is 0.162 e. The number of ether oxygens (including phenoxy) is 2. The third-order valence-corrected chi connectivity index (χ3v) is 4.11. The molecule has 26 heavy (non-hydrogen) atoms. The van der Waals surface area contributed by atoms with Crippen molar-refractivity contribution in [1.82, 2.24) is 0 Å². The van der Waals surface area contributed by atoms with Gasteiger partial charge < -0.3 is 15.2 Å². The van der Waals surface area contributed by atoms with Crippen LogP contribution in [0.4, 0.5) is 0 Å². The van der Waals surface area contributed by atoms with Crippen LogP contribution in [0.15, 0.2) is 66.7 Å². The molecule has 3 heteroatoms. The molecule has 134 valence electrons. The predicted molar refractivity (Wildman–Crippen MR) is 107 cm³/mol. The fourth-order valence-electron chi connectivity index (χ4n) is 2.97. The van der Waals surface area contributed by atoms with E-state index in [1.54, 1.807) is 0 Å². The van der Waals surface area contributed by atoms with E-state index in [9.17, 15) is 0 Å². The van der Waals surface area contributed by atoms with E-state index in [1.807, 2.05) is 42.5 Å². The van der Waals surface area contributed by atoms with Gasteiger partial charge in [-0.2, -0.15) is 0 Å². The van der Waals surface area contributed by atoms with Crippen LogP contribution in [-0.4, -0.2) is 13.2 Å². The summed E-state index contributed by atoms with van der Waals surface area (Å²) in [6.07, 6.45) is 0. The van der Waals surface area contributed by atoms with Gasteiger partial charge >= 0.3 is 0 Å². The van der Waals surface area contributed by atoms with E-state index in [0.29, 0.717) is 19.8 Å². The number of nitrogens with two attached hydrogens (primary N) is 1. The molecule has 2 N–H and O–H groups in total. The average molecular weight is 347 g/mol. The zero-order chi connectivity index (χ0) is 18.4. The molecule has 0 aliphatic heterocycles. The van der Waals surface area contributed by atoms with E-state index in [0.717, 1.165) is 22.6 Å². The zero-order valence-corrected chi connectivity index (χ0v) is 15.4. The van der Waals surface area contributed by atoms with Crippen LogP contribution in [0.3, 0.4) is 0 Å². The number of benzene rings is 3. The molecular formula is C23H25NO2. The van der Waals surface area contributed by atoms with Gasteiger partial charge in [0.15, 0.2) is 11.5 Å². The van der Waals surface area contributed by atoms with Crippen LogP contribution in [0, 0.1) is 13.8 Å². The molecule has 0 spiro atoms. The van der Waals surface area contributed by atoms with Crippen LogP contribution < -0.4 is 15.2 Å². The zero-order valence-electron chi connectivity index (χ0n) is 15.4. The quantitative estimate of drug-likeness (QED) is 0.662. The Morgan fingerprint density at radius 2 is 1.46 bits per heavy atom. The normalized spacial score (nSPS) is 10.6. The van der Waals surface area contributed by atoms with Crippen molar-refractivity contribution in [3.05, 3.63) is 83.4 Å². The molecule has 0 amide bonds. The minimum atomic E-state index is 0.463. The van der Waals surface area contributed by atoms with Gasteiger partial charge in [0, 0.05) is 6.54 Å². The van der Waals surface area contributed by atoms with Gasteiger partial charge in [0.05, 0.1) is 0 Å². The SMILES string of the molecule is Cc1cc(C)cc(-c2ccc(OCCN)c(OCc3ccccc3)c2)c1. The maximum Gasteiger partial charge on any atom is 0.162 e. The van der Waals surface area contributed by atoms with Crippen LogP contribution in [0.5, 0.6) is 11.5 Å². The van der Waals surface area contributed by atoms with E-state index in [1.165, 1.54) is 16.7 Å². The average Bonchev–Trinajstić information content (AvgIpc) is 2.65. The third kappa shape index (κ3) is 4.64. The summed E-state index contributed by atoms with van der Waals surface area (Å²) in [6, 6.07) is 22.7. The highest BCUT2D eigenvalue weighted by molar-refractivity contribution is 5.68. The van der Waals surface area contributed by atoms with Gasteiger partial charge in [-0.25, -0.2) is 0 Å². The van der Waals surface area contributed by atoms with Crippen molar-refractivity contribution in [2.75, 3.05) is 13.2 Å². The van der Waals surface area contributed by atoms with Crippen LogP contribution in [0.25, 0.3) is 11.1 Å². The number of rotatable bonds is 7. The third-order valence-electron chi connectivity index (χ3n) is 4.11. The van der Waals surface area contributed by atoms with E-state index in [-0.39, 0.29) is 0 Å². The molecule has 3 nitrogen and oxygen atoms in total. The van der Waals surface area contributed by atoms with E-state index >= 15 is 0 Å². The fraction of sp³-hybridized carbons (Fsp3) is 0.217. The summed E-state index contributed by atoms with van der Waals surface area (Å²) in [4.78, 5) is 0. The highest BCUT2D eigenvalue weighted by Gasteiger charge is 2.09. The molecule has 3 aromatic rings. The second kappa shape index (κ2) is 8.54. The molecule has 0 saturated heterocycles. The van der Waals surface area contributed by atoms with Crippen molar-refractivity contribution in [1.29, 1.82) is 0 Å². The topological polar surface area (TPSA) is 44.5 Å². The molecular weight excluding hydrogens is 322 g/mol. The van der Waals surface area contributed by atoms with Gasteiger partial charge in [-0.15, -0.1) is 0 Å². The maximum atomic E-state index is 6.08. The molecule has 0 radical (unpaired) electrons. The van der Waals surface area contributed by atoms with Crippen molar-refractivity contribution >= 4 is 0 Å². The summed E-state index contributed by atoms with van der Waals surface area (Å²) < 4.78 is 11.8. The van der Waals surface area contributed by atoms with Gasteiger partial charge in [-0.3, -0.25) is 0 Å². The lowest BCUT2D eigenvalue weighted by molar-refractivity contribution is 0.266. The molecule has 0 aliphatic rings. The van der Waals surface area contributed by atoms with Gasteiger partial charge in [-0.1, -0.05) is 65.7 Å². The second-order valence-corrected chi connectivity index (χ2v) is 6.45. The Bertz CT molecular complexity index is 839. The largest absolute Gasteiger partial charge is 0.488 e. The maximum absolute atomic E-state index is 6.08. The summed E-state index contributed by atoms with van der Waals surface area (Å²) in [5, 5.41) is 0. The van der Waals surface area contributed by atoms with Gasteiger partial charge in [-0.05, 0) is 42.7 Å². The minimum absolute atomic E-state index is 0.463. The van der Waals surface area contributed by atoms with Gasteiger partial charge in [0.25, 0.3) is 0 Å². The molecule has 0 bridgehead atoms. The van der Waals surface area contributed by atoms with E-state index in [2.05, 4.69) is 38.1 Å². The lowest BCUT2D eigenvalue weighted by Gasteiger charge is -2.15. The predicted octanol–water partition coefficient (Wildman–Crippen LogP) is 4.89. The van der Waals surface area contributed by atoms with Crippen molar-refractivity contribution in [3.63, 3.8) is 0 Å². The highest BCUT2D eigenvalue weighted by atomic mass is 16.5. The molecule has 0 fully saturated rings. The Labute approximate surface area is 155 Å². The number of hydrogen-bond acceptors (Lipinski definition) is 3. The second-order valence-electron chi connectivity index (χ2n) is 6.45. The summed E-state index contributed by atoms with van der Waals surface area (Å²) in [5.41, 5.74) is 11.5. The lowest BCUT2D eigenvalue weighted by atomic mass is 10.0. The first-order valence-corrected chi connectivity index (χ1v) is 8.88. The number of hydrogen-bond donors (Lipinski definition) is 1. The Balaban J connectivity index is 1.90. The summed E-state index contributed by atoms with van der Waals surface area (Å²) >= 11 is 0. The van der Waals surface area contributed by atoms with Gasteiger partial charge in [0.1, 0.15) is 13.2 Å². The Morgan fingerprint density at radius 3 is 2.15 bits per heavy atom. The minimum Gasteiger partial charge on any atom is -0.488 e. The van der Waals surface area contributed by atoms with Crippen molar-refractivity contribution in [2.45, 2.75) is 20.5 Å². The van der Waals surface area contributed by atoms with E-state index in [4.69, 9.17) is 15.2 Å². The fourth-order valence-corrected chi connectivity index (χ4v) is 2.97. The van der Waals surface area contributed by atoms with Crippen LogP contribution in [0.1, 0.15) is 16.7 Å². The molecule has 0 atom stereocenters. The molecule has 3 aromatic carbocycles. The Hall–Kier alpha value is -2.78. The molecule has 0 unspecified atom stereocenters. The summed E-state index contributed by atoms with van der Waals surface area (Å²) in [7, 11) is 0. The van der Waals surface area contributed by atoms with Crippen molar-refractivity contribution in [3.8, 4) is 22.6 Å². The Morgan fingerprint density at radius 1 is 0.731 bits per heavy atom. The van der Waals surface area contributed by atoms with E-state index < -0.39 is 0 Å². The molecule has 0 heterocycles. The first kappa shape index (κ1) is 18.0. The lowest BCUT2D eigenvalue weighted by Crippen LogP contribution is -2.11. The first-order valence-electron chi connectivity index (χ1n) is 8.88. The van der Waals surface area contributed by atoms with Crippen LogP contribution in [0.2, 0.25) is 0 Å². The molecule has 0 aromatic heterocycles. The van der Waals surface area contributed by atoms with Crippen LogP contribution >= 0.6 is 0 Å².